The van der Waals surface area contributed by atoms with Crippen molar-refractivity contribution in [3.05, 3.63) is 29.8 Å². The van der Waals surface area contributed by atoms with E-state index in [1.54, 1.807) is 0 Å². The van der Waals surface area contributed by atoms with Crippen LogP contribution in [0.1, 0.15) is 45.6 Å². The molecule has 0 spiro atoms. The minimum atomic E-state index is 0.0794. The predicted octanol–water partition coefficient (Wildman–Crippen LogP) is 2.98. The van der Waals surface area contributed by atoms with Gasteiger partial charge in [0.2, 0.25) is 5.91 Å². The van der Waals surface area contributed by atoms with E-state index in [1.165, 1.54) is 0 Å². The van der Waals surface area contributed by atoms with E-state index < -0.39 is 0 Å². The van der Waals surface area contributed by atoms with Crippen LogP contribution in [-0.2, 0) is 11.3 Å². The molecular formula is C17H29N3O. The molecule has 3 N–H and O–H groups in total. The van der Waals surface area contributed by atoms with Gasteiger partial charge in [-0.1, -0.05) is 19.1 Å². The molecular weight excluding hydrogens is 262 g/mol. The summed E-state index contributed by atoms with van der Waals surface area (Å²) in [5, 5.41) is 2.93. The predicted molar refractivity (Wildman–Crippen MR) is 89.2 cm³/mol. The zero-order valence-corrected chi connectivity index (χ0v) is 13.6. The van der Waals surface area contributed by atoms with Crippen molar-refractivity contribution in [1.29, 1.82) is 0 Å². The molecule has 4 nitrogen and oxygen atoms in total. The molecule has 1 aromatic rings. The summed E-state index contributed by atoms with van der Waals surface area (Å²) < 4.78 is 0. The molecule has 0 aromatic heterocycles. The average Bonchev–Trinajstić information content (AvgIpc) is 2.47. The Hall–Kier alpha value is -1.39. The number of amides is 1. The number of anilines is 1. The fourth-order valence-electron chi connectivity index (χ4n) is 2.31. The number of hydrogen-bond donors (Lipinski definition) is 2. The SMILES string of the molecule is CCCN(CCCC(=O)Nc1ccc(CN)cc1)C(C)C. The molecule has 1 aromatic carbocycles. The number of carbonyl (C=O) groups excluding carboxylic acids is 1. The molecule has 0 unspecified atom stereocenters. The van der Waals surface area contributed by atoms with Crippen molar-refractivity contribution >= 4 is 11.6 Å². The Morgan fingerprint density at radius 1 is 1.24 bits per heavy atom. The first-order valence-corrected chi connectivity index (χ1v) is 7.89. The first kappa shape index (κ1) is 17.7. The van der Waals surface area contributed by atoms with Crippen molar-refractivity contribution in [2.45, 2.75) is 52.6 Å². The minimum absolute atomic E-state index is 0.0794. The summed E-state index contributed by atoms with van der Waals surface area (Å²) in [6.07, 6.45) is 2.61. The molecule has 0 radical (unpaired) electrons. The first-order chi connectivity index (χ1) is 10.1. The van der Waals surface area contributed by atoms with E-state index in [1.807, 2.05) is 24.3 Å². The van der Waals surface area contributed by atoms with Crippen molar-refractivity contribution in [1.82, 2.24) is 4.90 Å². The van der Waals surface area contributed by atoms with Crippen LogP contribution in [0.2, 0.25) is 0 Å². The van der Waals surface area contributed by atoms with E-state index in [-0.39, 0.29) is 5.91 Å². The third kappa shape index (κ3) is 6.74. The van der Waals surface area contributed by atoms with Gasteiger partial charge in [0.05, 0.1) is 0 Å². The van der Waals surface area contributed by atoms with Crippen molar-refractivity contribution in [2.24, 2.45) is 5.73 Å². The highest BCUT2D eigenvalue weighted by atomic mass is 16.1. The van der Waals surface area contributed by atoms with E-state index in [0.717, 1.165) is 37.2 Å². The monoisotopic (exact) mass is 291 g/mol. The number of benzene rings is 1. The molecule has 4 heteroatoms. The van der Waals surface area contributed by atoms with Crippen LogP contribution < -0.4 is 11.1 Å². The Kier molecular flexibility index (Phi) is 8.01. The molecule has 0 fully saturated rings. The lowest BCUT2D eigenvalue weighted by Gasteiger charge is -2.25. The number of carbonyl (C=O) groups is 1. The second-order valence-corrected chi connectivity index (χ2v) is 5.68. The Morgan fingerprint density at radius 2 is 1.90 bits per heavy atom. The Bertz CT molecular complexity index is 415. The van der Waals surface area contributed by atoms with Crippen LogP contribution in [0.15, 0.2) is 24.3 Å². The number of nitrogens with two attached hydrogens (primary N) is 1. The maximum Gasteiger partial charge on any atom is 0.224 e. The summed E-state index contributed by atoms with van der Waals surface area (Å²) in [7, 11) is 0. The number of nitrogens with zero attached hydrogens (tertiary/aromatic N) is 1. The summed E-state index contributed by atoms with van der Waals surface area (Å²) in [4.78, 5) is 14.3. The molecule has 0 saturated heterocycles. The molecule has 0 bridgehead atoms. The molecule has 0 aliphatic carbocycles. The van der Waals surface area contributed by atoms with Crippen LogP contribution in [0.25, 0.3) is 0 Å². The molecule has 0 aliphatic heterocycles. The molecule has 0 saturated carbocycles. The zero-order chi connectivity index (χ0) is 15.7. The summed E-state index contributed by atoms with van der Waals surface area (Å²) in [6, 6.07) is 8.22. The van der Waals surface area contributed by atoms with Gasteiger partial charge >= 0.3 is 0 Å². The van der Waals surface area contributed by atoms with Gasteiger partial charge in [0.15, 0.2) is 0 Å². The second-order valence-electron chi connectivity index (χ2n) is 5.68. The zero-order valence-electron chi connectivity index (χ0n) is 13.6. The maximum atomic E-state index is 11.9. The van der Waals surface area contributed by atoms with Gasteiger partial charge in [0.25, 0.3) is 0 Å². The normalized spacial score (nSPS) is 11.1. The summed E-state index contributed by atoms with van der Waals surface area (Å²) in [5.74, 6) is 0.0794. The van der Waals surface area contributed by atoms with Gasteiger partial charge in [0.1, 0.15) is 0 Å². The van der Waals surface area contributed by atoms with Crippen LogP contribution in [0.5, 0.6) is 0 Å². The van der Waals surface area contributed by atoms with E-state index in [0.29, 0.717) is 19.0 Å². The largest absolute Gasteiger partial charge is 0.326 e. The highest BCUT2D eigenvalue weighted by molar-refractivity contribution is 5.90. The van der Waals surface area contributed by atoms with Crippen molar-refractivity contribution in [2.75, 3.05) is 18.4 Å². The average molecular weight is 291 g/mol. The highest BCUT2D eigenvalue weighted by Crippen LogP contribution is 2.10. The molecule has 0 heterocycles. The molecule has 1 rings (SSSR count). The Labute approximate surface area is 128 Å². The van der Waals surface area contributed by atoms with Crippen molar-refractivity contribution < 1.29 is 4.79 Å². The number of hydrogen-bond acceptors (Lipinski definition) is 3. The summed E-state index contributed by atoms with van der Waals surface area (Å²) >= 11 is 0. The van der Waals surface area contributed by atoms with E-state index >= 15 is 0 Å². The van der Waals surface area contributed by atoms with E-state index in [2.05, 4.69) is 31.0 Å². The van der Waals surface area contributed by atoms with Crippen LogP contribution in [-0.4, -0.2) is 29.9 Å². The van der Waals surface area contributed by atoms with Gasteiger partial charge in [-0.3, -0.25) is 4.79 Å². The lowest BCUT2D eigenvalue weighted by atomic mass is 10.2. The van der Waals surface area contributed by atoms with Gasteiger partial charge in [-0.25, -0.2) is 0 Å². The van der Waals surface area contributed by atoms with Crippen molar-refractivity contribution in [3.8, 4) is 0 Å². The molecule has 21 heavy (non-hydrogen) atoms. The van der Waals surface area contributed by atoms with Gasteiger partial charge in [-0.2, -0.15) is 0 Å². The van der Waals surface area contributed by atoms with Crippen LogP contribution in [0.4, 0.5) is 5.69 Å². The smallest absolute Gasteiger partial charge is 0.224 e. The standard InChI is InChI=1S/C17H29N3O/c1-4-11-20(14(2)3)12-5-6-17(21)19-16-9-7-15(13-18)8-10-16/h7-10,14H,4-6,11-13,18H2,1-3H3,(H,19,21). The van der Waals surface area contributed by atoms with Crippen molar-refractivity contribution in [3.63, 3.8) is 0 Å². The number of rotatable bonds is 9. The highest BCUT2D eigenvalue weighted by Gasteiger charge is 2.09. The van der Waals surface area contributed by atoms with Gasteiger partial charge in [-0.05, 0) is 57.5 Å². The minimum Gasteiger partial charge on any atom is -0.326 e. The van der Waals surface area contributed by atoms with Crippen LogP contribution in [0.3, 0.4) is 0 Å². The van der Waals surface area contributed by atoms with E-state index in [9.17, 15) is 4.79 Å². The van der Waals surface area contributed by atoms with Gasteiger partial charge < -0.3 is 16.0 Å². The van der Waals surface area contributed by atoms with Crippen LogP contribution in [0, 0.1) is 0 Å². The third-order valence-corrected chi connectivity index (χ3v) is 3.56. The van der Waals surface area contributed by atoms with Crippen LogP contribution >= 0.6 is 0 Å². The lowest BCUT2D eigenvalue weighted by molar-refractivity contribution is -0.116. The first-order valence-electron chi connectivity index (χ1n) is 7.89. The topological polar surface area (TPSA) is 58.4 Å². The Morgan fingerprint density at radius 3 is 2.43 bits per heavy atom. The maximum absolute atomic E-state index is 11.9. The van der Waals surface area contributed by atoms with Gasteiger partial charge in [-0.15, -0.1) is 0 Å². The lowest BCUT2D eigenvalue weighted by Crippen LogP contribution is -2.33. The number of nitrogens with one attached hydrogen (secondary N) is 1. The summed E-state index contributed by atoms with van der Waals surface area (Å²) in [6.45, 7) is 9.19. The third-order valence-electron chi connectivity index (χ3n) is 3.56. The van der Waals surface area contributed by atoms with Gasteiger partial charge in [0, 0.05) is 24.7 Å². The quantitative estimate of drug-likeness (QED) is 0.735. The molecule has 0 aliphatic rings. The summed E-state index contributed by atoms with van der Waals surface area (Å²) in [5.41, 5.74) is 7.46. The molecule has 0 atom stereocenters. The Balaban J connectivity index is 2.32. The molecule has 118 valence electrons. The van der Waals surface area contributed by atoms with E-state index in [4.69, 9.17) is 5.73 Å². The fourth-order valence-corrected chi connectivity index (χ4v) is 2.31. The fraction of sp³-hybridized carbons (Fsp3) is 0.588. The second kappa shape index (κ2) is 9.53. The molecule has 1 amide bonds.